The first-order valence-electron chi connectivity index (χ1n) is 5.83. The molecule has 1 aliphatic rings. The molecule has 2 heterocycles. The molecule has 2 nitrogen and oxygen atoms in total. The van der Waals surface area contributed by atoms with E-state index in [1.54, 1.807) is 0 Å². The molecular weight excluding hydrogens is 264 g/mol. The van der Waals surface area contributed by atoms with Crippen LogP contribution < -0.4 is 5.32 Å². The van der Waals surface area contributed by atoms with Crippen LogP contribution in [0.15, 0.2) is 28.9 Å². The molecule has 0 atom stereocenters. The molecule has 84 valence electrons. The van der Waals surface area contributed by atoms with Gasteiger partial charge in [0.05, 0.1) is 4.60 Å². The van der Waals surface area contributed by atoms with Crippen molar-refractivity contribution in [3.8, 4) is 0 Å². The number of rotatable bonds is 1. The second kappa shape index (κ2) is 4.22. The quantitative estimate of drug-likeness (QED) is 0.822. The van der Waals surface area contributed by atoms with Crippen LogP contribution in [0, 0.1) is 0 Å². The van der Waals surface area contributed by atoms with Crippen molar-refractivity contribution in [2.45, 2.75) is 18.8 Å². The average Bonchev–Trinajstić information content (AvgIpc) is 2.66. The highest BCUT2D eigenvalue weighted by Crippen LogP contribution is 2.36. The Bertz CT molecular complexity index is 498. The zero-order chi connectivity index (χ0) is 11.0. The number of H-pyrrole nitrogens is 1. The Kier molecular flexibility index (Phi) is 2.74. The largest absolute Gasteiger partial charge is 0.349 e. The maximum absolute atomic E-state index is 3.67. The maximum atomic E-state index is 3.67. The zero-order valence-electron chi connectivity index (χ0n) is 9.09. The third-order valence-electron chi connectivity index (χ3n) is 3.45. The number of halogens is 1. The normalized spacial score (nSPS) is 18.1. The van der Waals surface area contributed by atoms with Crippen molar-refractivity contribution in [2.75, 3.05) is 13.1 Å². The molecule has 1 aliphatic heterocycles. The van der Waals surface area contributed by atoms with E-state index in [2.05, 4.69) is 50.5 Å². The van der Waals surface area contributed by atoms with Gasteiger partial charge in [0.1, 0.15) is 0 Å². The highest BCUT2D eigenvalue weighted by atomic mass is 79.9. The number of aromatic nitrogens is 1. The number of aromatic amines is 1. The van der Waals surface area contributed by atoms with Crippen LogP contribution >= 0.6 is 15.9 Å². The predicted molar refractivity (Wildman–Crippen MR) is 70.8 cm³/mol. The fourth-order valence-electron chi connectivity index (χ4n) is 2.64. The third kappa shape index (κ3) is 1.68. The van der Waals surface area contributed by atoms with Crippen molar-refractivity contribution in [3.63, 3.8) is 0 Å². The minimum absolute atomic E-state index is 0.687. The van der Waals surface area contributed by atoms with E-state index in [4.69, 9.17) is 0 Å². The number of piperidine rings is 1. The highest BCUT2D eigenvalue weighted by Gasteiger charge is 2.21. The molecule has 2 aromatic rings. The average molecular weight is 279 g/mol. The van der Waals surface area contributed by atoms with Gasteiger partial charge in [-0.2, -0.15) is 0 Å². The number of fused-ring (bicyclic) bond motifs is 1. The summed E-state index contributed by atoms with van der Waals surface area (Å²) in [5.41, 5.74) is 2.71. The van der Waals surface area contributed by atoms with Crippen molar-refractivity contribution < 1.29 is 0 Å². The molecule has 0 bridgehead atoms. The predicted octanol–water partition coefficient (Wildman–Crippen LogP) is 3.40. The van der Waals surface area contributed by atoms with E-state index in [-0.39, 0.29) is 0 Å². The molecule has 2 N–H and O–H groups in total. The number of hydrogen-bond donors (Lipinski definition) is 2. The number of nitrogens with one attached hydrogen (secondary N) is 2. The van der Waals surface area contributed by atoms with Crippen molar-refractivity contribution in [1.29, 1.82) is 0 Å². The van der Waals surface area contributed by atoms with Crippen LogP contribution in [0.1, 0.15) is 24.3 Å². The first kappa shape index (κ1) is 10.4. The molecule has 3 heteroatoms. The lowest BCUT2D eigenvalue weighted by Gasteiger charge is -2.22. The standard InChI is InChI=1S/C13H15BrN2/c14-13-12(9-5-7-15-8-6-9)10-3-1-2-4-11(10)16-13/h1-4,9,15-16H,5-8H2. The van der Waals surface area contributed by atoms with E-state index in [0.717, 1.165) is 13.1 Å². The van der Waals surface area contributed by atoms with Gasteiger partial charge in [-0.3, -0.25) is 0 Å². The SMILES string of the molecule is Brc1[nH]c2ccccc2c1C1CCNCC1. The van der Waals surface area contributed by atoms with Gasteiger partial charge in [-0.05, 0) is 59.4 Å². The Balaban J connectivity index is 2.10. The first-order chi connectivity index (χ1) is 7.86. The second-order valence-corrected chi connectivity index (χ2v) is 5.22. The first-order valence-corrected chi connectivity index (χ1v) is 6.62. The molecule has 1 saturated heterocycles. The number of hydrogen-bond acceptors (Lipinski definition) is 1. The van der Waals surface area contributed by atoms with Gasteiger partial charge in [0.25, 0.3) is 0 Å². The molecule has 0 unspecified atom stereocenters. The molecule has 1 aromatic heterocycles. The van der Waals surface area contributed by atoms with E-state index < -0.39 is 0 Å². The van der Waals surface area contributed by atoms with Crippen LogP contribution in [0.25, 0.3) is 10.9 Å². The summed E-state index contributed by atoms with van der Waals surface area (Å²) in [5, 5.41) is 4.79. The van der Waals surface area contributed by atoms with Gasteiger partial charge in [0.2, 0.25) is 0 Å². The highest BCUT2D eigenvalue weighted by molar-refractivity contribution is 9.10. The van der Waals surface area contributed by atoms with Gasteiger partial charge in [0, 0.05) is 10.9 Å². The van der Waals surface area contributed by atoms with Gasteiger partial charge in [0.15, 0.2) is 0 Å². The summed E-state index contributed by atoms with van der Waals surface area (Å²) < 4.78 is 1.17. The Morgan fingerprint density at radius 1 is 1.12 bits per heavy atom. The minimum atomic E-state index is 0.687. The summed E-state index contributed by atoms with van der Waals surface area (Å²) in [6.45, 7) is 2.27. The van der Waals surface area contributed by atoms with Gasteiger partial charge in [-0.1, -0.05) is 18.2 Å². The van der Waals surface area contributed by atoms with E-state index in [1.165, 1.54) is 33.9 Å². The molecule has 0 amide bonds. The van der Waals surface area contributed by atoms with Crippen molar-refractivity contribution in [2.24, 2.45) is 0 Å². The van der Waals surface area contributed by atoms with Crippen LogP contribution in [0.3, 0.4) is 0 Å². The van der Waals surface area contributed by atoms with E-state index in [1.807, 2.05) is 0 Å². The summed E-state index contributed by atoms with van der Waals surface area (Å²) >= 11 is 3.67. The van der Waals surface area contributed by atoms with E-state index in [0.29, 0.717) is 5.92 Å². The summed E-state index contributed by atoms with van der Waals surface area (Å²) in [6.07, 6.45) is 2.47. The Morgan fingerprint density at radius 3 is 2.69 bits per heavy atom. The van der Waals surface area contributed by atoms with Crippen LogP contribution in [-0.2, 0) is 0 Å². The molecule has 0 aliphatic carbocycles. The summed E-state index contributed by atoms with van der Waals surface area (Å²) in [6, 6.07) is 8.56. The van der Waals surface area contributed by atoms with Gasteiger partial charge >= 0.3 is 0 Å². The zero-order valence-corrected chi connectivity index (χ0v) is 10.7. The lowest BCUT2D eigenvalue weighted by atomic mass is 9.90. The molecule has 16 heavy (non-hydrogen) atoms. The summed E-state index contributed by atoms with van der Waals surface area (Å²) in [4.78, 5) is 3.42. The van der Waals surface area contributed by atoms with Crippen LogP contribution in [-0.4, -0.2) is 18.1 Å². The maximum Gasteiger partial charge on any atom is 0.0866 e. The molecule has 1 aromatic carbocycles. The van der Waals surface area contributed by atoms with Gasteiger partial charge in [-0.15, -0.1) is 0 Å². The molecule has 0 radical (unpaired) electrons. The third-order valence-corrected chi connectivity index (χ3v) is 4.07. The Morgan fingerprint density at radius 2 is 1.88 bits per heavy atom. The van der Waals surface area contributed by atoms with Crippen LogP contribution in [0.5, 0.6) is 0 Å². The smallest absolute Gasteiger partial charge is 0.0866 e. The number of para-hydroxylation sites is 1. The van der Waals surface area contributed by atoms with Gasteiger partial charge < -0.3 is 10.3 Å². The molecule has 0 saturated carbocycles. The molecule has 3 rings (SSSR count). The van der Waals surface area contributed by atoms with Gasteiger partial charge in [-0.25, -0.2) is 0 Å². The fraction of sp³-hybridized carbons (Fsp3) is 0.385. The topological polar surface area (TPSA) is 27.8 Å². The van der Waals surface area contributed by atoms with E-state index in [9.17, 15) is 0 Å². The van der Waals surface area contributed by atoms with Crippen molar-refractivity contribution >= 4 is 26.8 Å². The Hall–Kier alpha value is -0.800. The minimum Gasteiger partial charge on any atom is -0.349 e. The summed E-state index contributed by atoms with van der Waals surface area (Å²) in [7, 11) is 0. The second-order valence-electron chi connectivity index (χ2n) is 4.42. The van der Waals surface area contributed by atoms with Crippen molar-refractivity contribution in [3.05, 3.63) is 34.4 Å². The lowest BCUT2D eigenvalue weighted by Crippen LogP contribution is -2.26. The number of benzene rings is 1. The summed E-state index contributed by atoms with van der Waals surface area (Å²) in [5.74, 6) is 0.687. The molecule has 1 fully saturated rings. The molecule has 0 spiro atoms. The Labute approximate surface area is 104 Å². The van der Waals surface area contributed by atoms with Crippen molar-refractivity contribution in [1.82, 2.24) is 10.3 Å². The lowest BCUT2D eigenvalue weighted by molar-refractivity contribution is 0.461. The monoisotopic (exact) mass is 278 g/mol. The van der Waals surface area contributed by atoms with E-state index >= 15 is 0 Å². The van der Waals surface area contributed by atoms with Crippen LogP contribution in [0.4, 0.5) is 0 Å². The fourth-order valence-corrected chi connectivity index (χ4v) is 3.39. The van der Waals surface area contributed by atoms with Crippen LogP contribution in [0.2, 0.25) is 0 Å². The molecular formula is C13H15BrN2.